The number of alkyl halides is 3. The Kier molecular flexibility index (Phi) is 5.56. The summed E-state index contributed by atoms with van der Waals surface area (Å²) in [6.45, 7) is 0. The van der Waals surface area contributed by atoms with E-state index in [1.165, 1.54) is 30.3 Å². The van der Waals surface area contributed by atoms with Crippen molar-refractivity contribution in [2.45, 2.75) is 12.6 Å². The number of ketones is 1. The number of allylic oxidation sites excluding steroid dienone is 3. The monoisotopic (exact) mass is 407 g/mol. The van der Waals surface area contributed by atoms with E-state index in [2.05, 4.69) is 5.32 Å². The van der Waals surface area contributed by atoms with Crippen molar-refractivity contribution in [3.05, 3.63) is 82.5 Å². The topological polar surface area (TPSA) is 55.4 Å². The number of hydrogen-bond acceptors (Lipinski definition) is 3. The van der Waals surface area contributed by atoms with Crippen molar-refractivity contribution in [2.75, 3.05) is 0 Å². The zero-order chi connectivity index (χ0) is 20.3. The van der Waals surface area contributed by atoms with Gasteiger partial charge in [-0.05, 0) is 48.5 Å². The average Bonchev–Trinajstić information content (AvgIpc) is 2.63. The highest BCUT2D eigenvalue weighted by molar-refractivity contribution is 6.30. The Morgan fingerprint density at radius 1 is 1.11 bits per heavy atom. The molecule has 2 aromatic carbocycles. The summed E-state index contributed by atoms with van der Waals surface area (Å²) in [6.07, 6.45) is -0.000614. The number of ether oxygens (including phenoxy) is 1. The van der Waals surface area contributed by atoms with Crippen LogP contribution in [0.4, 0.5) is 13.2 Å². The molecule has 1 aliphatic carbocycles. The molecule has 1 N–H and O–H groups in total. The highest BCUT2D eigenvalue weighted by atomic mass is 35.5. The number of nitrogens with one attached hydrogen (secondary N) is 1. The standard InChI is InChI=1S/C20H13ClF3NO3/c21-13-5-7-16(8-6-13)28-18-10-12(20(22,23)24)4-9-17(18)19(27)25-14-2-1-3-15(26)11-14/h1-2,4-11H,3H2,(H,25,27). The van der Waals surface area contributed by atoms with Crippen LogP contribution in [0.3, 0.4) is 0 Å². The Morgan fingerprint density at radius 2 is 1.82 bits per heavy atom. The number of rotatable bonds is 4. The van der Waals surface area contributed by atoms with Gasteiger partial charge in [0, 0.05) is 23.2 Å². The van der Waals surface area contributed by atoms with Gasteiger partial charge in [-0.2, -0.15) is 13.2 Å². The summed E-state index contributed by atoms with van der Waals surface area (Å²) in [5, 5.41) is 2.92. The second-order valence-corrected chi connectivity index (χ2v) is 6.33. The van der Waals surface area contributed by atoms with E-state index in [-0.39, 0.29) is 35.0 Å². The molecule has 2 aromatic rings. The summed E-state index contributed by atoms with van der Waals surface area (Å²) >= 11 is 5.79. The van der Waals surface area contributed by atoms with Gasteiger partial charge < -0.3 is 10.1 Å². The number of halogens is 4. The molecule has 4 nitrogen and oxygen atoms in total. The van der Waals surface area contributed by atoms with Crippen molar-refractivity contribution in [1.82, 2.24) is 5.32 Å². The van der Waals surface area contributed by atoms with Gasteiger partial charge in [-0.15, -0.1) is 0 Å². The van der Waals surface area contributed by atoms with Gasteiger partial charge in [0.1, 0.15) is 11.5 Å². The van der Waals surface area contributed by atoms with Crippen LogP contribution < -0.4 is 10.1 Å². The maximum absolute atomic E-state index is 13.1. The third-order valence-corrected chi connectivity index (χ3v) is 4.04. The molecule has 0 heterocycles. The third kappa shape index (κ3) is 4.80. The van der Waals surface area contributed by atoms with E-state index in [1.54, 1.807) is 12.2 Å². The molecule has 0 saturated carbocycles. The van der Waals surface area contributed by atoms with Crippen molar-refractivity contribution in [3.63, 3.8) is 0 Å². The van der Waals surface area contributed by atoms with Crippen molar-refractivity contribution in [2.24, 2.45) is 0 Å². The Bertz CT molecular complexity index is 979. The van der Waals surface area contributed by atoms with Gasteiger partial charge in [0.15, 0.2) is 5.78 Å². The molecule has 0 unspecified atom stereocenters. The molecule has 0 radical (unpaired) electrons. The minimum atomic E-state index is -4.60. The second kappa shape index (κ2) is 7.90. The minimum absolute atomic E-state index is 0.115. The summed E-state index contributed by atoms with van der Waals surface area (Å²) in [5.41, 5.74) is -0.825. The molecule has 0 bridgehead atoms. The van der Waals surface area contributed by atoms with Crippen LogP contribution in [0.5, 0.6) is 11.5 Å². The number of benzene rings is 2. The van der Waals surface area contributed by atoms with Gasteiger partial charge in [0.25, 0.3) is 5.91 Å². The predicted octanol–water partition coefficient (Wildman–Crippen LogP) is 5.29. The molecule has 8 heteroatoms. The summed E-state index contributed by atoms with van der Waals surface area (Å²) in [5.74, 6) is -0.961. The lowest BCUT2D eigenvalue weighted by atomic mass is 10.1. The van der Waals surface area contributed by atoms with E-state index in [1.807, 2.05) is 0 Å². The lowest BCUT2D eigenvalue weighted by Gasteiger charge is -2.15. The van der Waals surface area contributed by atoms with Crippen LogP contribution in [0.1, 0.15) is 22.3 Å². The van der Waals surface area contributed by atoms with Crippen molar-refractivity contribution >= 4 is 23.3 Å². The molecule has 0 spiro atoms. The maximum Gasteiger partial charge on any atom is 0.416 e. The molecule has 0 atom stereocenters. The smallest absolute Gasteiger partial charge is 0.416 e. The fourth-order valence-corrected chi connectivity index (χ4v) is 2.58. The van der Waals surface area contributed by atoms with Gasteiger partial charge in [-0.1, -0.05) is 17.7 Å². The molecule has 144 valence electrons. The molecule has 1 aliphatic rings. The van der Waals surface area contributed by atoms with Gasteiger partial charge in [0.2, 0.25) is 0 Å². The van der Waals surface area contributed by atoms with Gasteiger partial charge in [-0.25, -0.2) is 0 Å². The normalized spacial score (nSPS) is 13.9. The van der Waals surface area contributed by atoms with Crippen LogP contribution in [0, 0.1) is 0 Å². The number of carbonyl (C=O) groups is 2. The zero-order valence-electron chi connectivity index (χ0n) is 14.2. The first-order chi connectivity index (χ1) is 13.2. The largest absolute Gasteiger partial charge is 0.457 e. The summed E-state index contributed by atoms with van der Waals surface area (Å²) in [7, 11) is 0. The molecule has 3 rings (SSSR count). The van der Waals surface area contributed by atoms with Crippen molar-refractivity contribution < 1.29 is 27.5 Å². The highest BCUT2D eigenvalue weighted by Gasteiger charge is 2.32. The van der Waals surface area contributed by atoms with E-state index in [0.29, 0.717) is 5.02 Å². The molecule has 0 saturated heterocycles. The van der Waals surface area contributed by atoms with Crippen LogP contribution in [0.2, 0.25) is 5.02 Å². The molecular formula is C20H13ClF3NO3. The number of carbonyl (C=O) groups excluding carboxylic acids is 2. The highest BCUT2D eigenvalue weighted by Crippen LogP contribution is 2.35. The SMILES string of the molecule is O=C1C=C(NC(=O)c2ccc(C(F)(F)F)cc2Oc2ccc(Cl)cc2)C=CC1. The maximum atomic E-state index is 13.1. The first-order valence-corrected chi connectivity index (χ1v) is 8.47. The quantitative estimate of drug-likeness (QED) is 0.748. The lowest BCUT2D eigenvalue weighted by Crippen LogP contribution is -2.24. The van der Waals surface area contributed by atoms with Gasteiger partial charge in [0.05, 0.1) is 11.1 Å². The molecule has 0 fully saturated rings. The van der Waals surface area contributed by atoms with Crippen LogP contribution in [0.25, 0.3) is 0 Å². The Hall–Kier alpha value is -3.06. The minimum Gasteiger partial charge on any atom is -0.457 e. The van der Waals surface area contributed by atoms with E-state index in [0.717, 1.165) is 18.2 Å². The summed E-state index contributed by atoms with van der Waals surface area (Å²) in [6, 6.07) is 8.52. The first-order valence-electron chi connectivity index (χ1n) is 8.09. The summed E-state index contributed by atoms with van der Waals surface area (Å²) < 4.78 is 44.7. The van der Waals surface area contributed by atoms with Crippen LogP contribution >= 0.6 is 11.6 Å². The fourth-order valence-electron chi connectivity index (χ4n) is 2.46. The molecule has 0 aliphatic heterocycles. The number of hydrogen-bond donors (Lipinski definition) is 1. The molecule has 28 heavy (non-hydrogen) atoms. The zero-order valence-corrected chi connectivity index (χ0v) is 15.0. The van der Waals surface area contributed by atoms with Crippen molar-refractivity contribution in [1.29, 1.82) is 0 Å². The van der Waals surface area contributed by atoms with Crippen LogP contribution in [0.15, 0.2) is 66.4 Å². The summed E-state index contributed by atoms with van der Waals surface area (Å²) in [4.78, 5) is 24.0. The van der Waals surface area contributed by atoms with E-state index < -0.39 is 17.6 Å². The fraction of sp³-hybridized carbons (Fsp3) is 0.100. The van der Waals surface area contributed by atoms with Gasteiger partial charge >= 0.3 is 6.18 Å². The Labute approximate surface area is 163 Å². The average molecular weight is 408 g/mol. The predicted molar refractivity (Wildman–Crippen MR) is 97.3 cm³/mol. The Balaban J connectivity index is 1.94. The first kappa shape index (κ1) is 19.7. The van der Waals surface area contributed by atoms with E-state index in [9.17, 15) is 22.8 Å². The van der Waals surface area contributed by atoms with Crippen LogP contribution in [-0.2, 0) is 11.0 Å². The lowest BCUT2D eigenvalue weighted by molar-refractivity contribution is -0.137. The second-order valence-electron chi connectivity index (χ2n) is 5.89. The molecule has 1 amide bonds. The van der Waals surface area contributed by atoms with E-state index >= 15 is 0 Å². The van der Waals surface area contributed by atoms with E-state index in [4.69, 9.17) is 16.3 Å². The Morgan fingerprint density at radius 3 is 2.46 bits per heavy atom. The van der Waals surface area contributed by atoms with Crippen molar-refractivity contribution in [3.8, 4) is 11.5 Å². The molecule has 0 aromatic heterocycles. The number of amides is 1. The molecular weight excluding hydrogens is 395 g/mol. The van der Waals surface area contributed by atoms with Crippen LogP contribution in [-0.4, -0.2) is 11.7 Å². The van der Waals surface area contributed by atoms with Gasteiger partial charge in [-0.3, -0.25) is 9.59 Å². The third-order valence-electron chi connectivity index (χ3n) is 3.79.